The third kappa shape index (κ3) is 4.86. The van der Waals surface area contributed by atoms with E-state index in [1.807, 2.05) is 46.0 Å². The Bertz CT molecular complexity index is 449. The number of anilines is 1. The molecule has 0 amide bonds. The highest BCUT2D eigenvalue weighted by molar-refractivity contribution is 5.52. The summed E-state index contributed by atoms with van der Waals surface area (Å²) in [6, 6.07) is 3.89. The van der Waals surface area contributed by atoms with Crippen LogP contribution in [0.2, 0.25) is 0 Å². The molecule has 0 atom stereocenters. The van der Waals surface area contributed by atoms with Crippen molar-refractivity contribution in [1.82, 2.24) is 9.88 Å². The zero-order valence-corrected chi connectivity index (χ0v) is 13.5. The SMILES string of the molecule is CC(C)Oc1cccnc1N1CCN(CC(C)(C)O)CC1. The van der Waals surface area contributed by atoms with Crippen molar-refractivity contribution < 1.29 is 9.84 Å². The van der Waals surface area contributed by atoms with Gasteiger partial charge >= 0.3 is 0 Å². The number of piperazine rings is 1. The third-order valence-electron chi connectivity index (χ3n) is 3.40. The molecule has 0 radical (unpaired) electrons. The zero-order valence-electron chi connectivity index (χ0n) is 13.5. The Balaban J connectivity index is 1.99. The van der Waals surface area contributed by atoms with Gasteiger partial charge in [-0.25, -0.2) is 4.98 Å². The molecular formula is C16H27N3O2. The zero-order chi connectivity index (χ0) is 15.5. The molecule has 1 aliphatic rings. The maximum Gasteiger partial charge on any atom is 0.171 e. The van der Waals surface area contributed by atoms with Crippen LogP contribution in [0.15, 0.2) is 18.3 Å². The minimum absolute atomic E-state index is 0.143. The number of pyridine rings is 1. The largest absolute Gasteiger partial charge is 0.487 e. The van der Waals surface area contributed by atoms with Crippen molar-refractivity contribution in [2.45, 2.75) is 39.4 Å². The first-order valence-corrected chi connectivity index (χ1v) is 7.66. The fourth-order valence-corrected chi connectivity index (χ4v) is 2.63. The summed E-state index contributed by atoms with van der Waals surface area (Å²) in [7, 11) is 0. The van der Waals surface area contributed by atoms with Crippen LogP contribution in [0.1, 0.15) is 27.7 Å². The lowest BCUT2D eigenvalue weighted by molar-refractivity contribution is 0.0344. The molecule has 5 nitrogen and oxygen atoms in total. The number of β-amino-alcohol motifs (C(OH)–C–C–N with tert-alkyl or cyclic N) is 1. The second-order valence-corrected chi connectivity index (χ2v) is 6.57. The Hall–Kier alpha value is -1.33. The number of nitrogens with zero attached hydrogens (tertiary/aromatic N) is 3. The van der Waals surface area contributed by atoms with E-state index in [0.29, 0.717) is 6.54 Å². The van der Waals surface area contributed by atoms with Crippen LogP contribution in [-0.4, -0.2) is 59.4 Å². The molecule has 1 aromatic rings. The van der Waals surface area contributed by atoms with Gasteiger partial charge in [-0.2, -0.15) is 0 Å². The van der Waals surface area contributed by atoms with Crippen LogP contribution in [0, 0.1) is 0 Å². The van der Waals surface area contributed by atoms with E-state index in [9.17, 15) is 5.11 Å². The Kier molecular flexibility index (Phi) is 5.06. The molecule has 0 unspecified atom stereocenters. The first-order chi connectivity index (χ1) is 9.85. The first-order valence-electron chi connectivity index (χ1n) is 7.66. The fourth-order valence-electron chi connectivity index (χ4n) is 2.63. The average molecular weight is 293 g/mol. The molecule has 2 heterocycles. The molecule has 118 valence electrons. The van der Waals surface area contributed by atoms with Crippen LogP contribution in [0.25, 0.3) is 0 Å². The second-order valence-electron chi connectivity index (χ2n) is 6.57. The predicted molar refractivity (Wildman–Crippen MR) is 85.0 cm³/mol. The fraction of sp³-hybridized carbons (Fsp3) is 0.688. The van der Waals surface area contributed by atoms with E-state index in [1.54, 1.807) is 0 Å². The summed E-state index contributed by atoms with van der Waals surface area (Å²) < 4.78 is 5.85. The molecule has 1 aliphatic heterocycles. The Morgan fingerprint density at radius 1 is 1.29 bits per heavy atom. The molecule has 0 spiro atoms. The van der Waals surface area contributed by atoms with Crippen molar-refractivity contribution in [2.75, 3.05) is 37.6 Å². The quantitative estimate of drug-likeness (QED) is 0.896. The molecule has 5 heteroatoms. The van der Waals surface area contributed by atoms with Gasteiger partial charge in [0.2, 0.25) is 0 Å². The Labute approximate surface area is 127 Å². The van der Waals surface area contributed by atoms with Gasteiger partial charge in [0.05, 0.1) is 11.7 Å². The number of hydrogen-bond acceptors (Lipinski definition) is 5. The van der Waals surface area contributed by atoms with Crippen molar-refractivity contribution in [3.05, 3.63) is 18.3 Å². The van der Waals surface area contributed by atoms with E-state index < -0.39 is 5.60 Å². The lowest BCUT2D eigenvalue weighted by atomic mass is 10.1. The lowest BCUT2D eigenvalue weighted by Gasteiger charge is -2.38. The Morgan fingerprint density at radius 2 is 1.95 bits per heavy atom. The molecule has 0 aromatic carbocycles. The number of hydrogen-bond donors (Lipinski definition) is 1. The highest BCUT2D eigenvalue weighted by atomic mass is 16.5. The minimum atomic E-state index is -0.640. The average Bonchev–Trinajstić information content (AvgIpc) is 2.38. The second kappa shape index (κ2) is 6.62. The van der Waals surface area contributed by atoms with E-state index in [-0.39, 0.29) is 6.10 Å². The van der Waals surface area contributed by atoms with Gasteiger partial charge in [-0.05, 0) is 39.8 Å². The highest BCUT2D eigenvalue weighted by Crippen LogP contribution is 2.27. The monoisotopic (exact) mass is 293 g/mol. The number of rotatable bonds is 5. The van der Waals surface area contributed by atoms with Gasteiger partial charge in [-0.1, -0.05) is 0 Å². The normalized spacial score (nSPS) is 17.3. The summed E-state index contributed by atoms with van der Waals surface area (Å²) in [5.41, 5.74) is -0.640. The third-order valence-corrected chi connectivity index (χ3v) is 3.40. The van der Waals surface area contributed by atoms with E-state index in [0.717, 1.165) is 37.7 Å². The van der Waals surface area contributed by atoms with E-state index >= 15 is 0 Å². The molecule has 1 saturated heterocycles. The first kappa shape index (κ1) is 16.0. The molecule has 0 aliphatic carbocycles. The van der Waals surface area contributed by atoms with Crippen molar-refractivity contribution in [3.8, 4) is 5.75 Å². The summed E-state index contributed by atoms with van der Waals surface area (Å²) in [4.78, 5) is 9.04. The van der Waals surface area contributed by atoms with Crippen molar-refractivity contribution in [3.63, 3.8) is 0 Å². The van der Waals surface area contributed by atoms with E-state index in [2.05, 4.69) is 14.8 Å². The van der Waals surface area contributed by atoms with E-state index in [1.165, 1.54) is 0 Å². The van der Waals surface area contributed by atoms with Gasteiger partial charge in [0.1, 0.15) is 0 Å². The van der Waals surface area contributed by atoms with E-state index in [4.69, 9.17) is 4.74 Å². The molecule has 2 rings (SSSR count). The van der Waals surface area contributed by atoms with Crippen molar-refractivity contribution in [2.24, 2.45) is 0 Å². The standard InChI is InChI=1S/C16H27N3O2/c1-13(2)21-14-6-5-7-17-15(14)19-10-8-18(9-11-19)12-16(3,4)20/h5-7,13,20H,8-12H2,1-4H3. The molecular weight excluding hydrogens is 266 g/mol. The van der Waals surface area contributed by atoms with Crippen molar-refractivity contribution in [1.29, 1.82) is 0 Å². The molecule has 1 N–H and O–H groups in total. The maximum atomic E-state index is 9.91. The summed E-state index contributed by atoms with van der Waals surface area (Å²) in [5.74, 6) is 1.78. The van der Waals surface area contributed by atoms with Crippen LogP contribution in [0.3, 0.4) is 0 Å². The molecule has 0 saturated carbocycles. The summed E-state index contributed by atoms with van der Waals surface area (Å²) in [6.45, 7) is 12.1. The topological polar surface area (TPSA) is 48.8 Å². The number of aliphatic hydroxyl groups is 1. The molecule has 1 aromatic heterocycles. The van der Waals surface area contributed by atoms with Gasteiger partial charge in [0.15, 0.2) is 11.6 Å². The van der Waals surface area contributed by atoms with Gasteiger partial charge in [0.25, 0.3) is 0 Å². The smallest absolute Gasteiger partial charge is 0.171 e. The Morgan fingerprint density at radius 3 is 2.52 bits per heavy atom. The van der Waals surface area contributed by atoms with Crippen LogP contribution in [0.4, 0.5) is 5.82 Å². The molecule has 1 fully saturated rings. The molecule has 0 bridgehead atoms. The van der Waals surface area contributed by atoms with Gasteiger partial charge < -0.3 is 14.7 Å². The highest BCUT2D eigenvalue weighted by Gasteiger charge is 2.24. The van der Waals surface area contributed by atoms with Crippen molar-refractivity contribution >= 4 is 5.82 Å². The lowest BCUT2D eigenvalue weighted by Crippen LogP contribution is -2.50. The summed E-state index contributed by atoms with van der Waals surface area (Å²) in [6.07, 6.45) is 1.95. The van der Waals surface area contributed by atoms with Gasteiger partial charge in [-0.3, -0.25) is 4.90 Å². The summed E-state index contributed by atoms with van der Waals surface area (Å²) >= 11 is 0. The van der Waals surface area contributed by atoms with Crippen LogP contribution < -0.4 is 9.64 Å². The minimum Gasteiger partial charge on any atom is -0.487 e. The van der Waals surface area contributed by atoms with Crippen LogP contribution >= 0.6 is 0 Å². The number of aromatic nitrogens is 1. The predicted octanol–water partition coefficient (Wildman–Crippen LogP) is 1.76. The molecule has 21 heavy (non-hydrogen) atoms. The summed E-state index contributed by atoms with van der Waals surface area (Å²) in [5, 5.41) is 9.91. The van der Waals surface area contributed by atoms with Gasteiger partial charge in [0, 0.05) is 38.9 Å². The van der Waals surface area contributed by atoms with Crippen LogP contribution in [-0.2, 0) is 0 Å². The number of ether oxygens (including phenoxy) is 1. The van der Waals surface area contributed by atoms with Crippen LogP contribution in [0.5, 0.6) is 5.75 Å². The van der Waals surface area contributed by atoms with Gasteiger partial charge in [-0.15, -0.1) is 0 Å². The maximum absolute atomic E-state index is 9.91.